The summed E-state index contributed by atoms with van der Waals surface area (Å²) in [6, 6.07) is 13.8. The Labute approximate surface area is 156 Å². The summed E-state index contributed by atoms with van der Waals surface area (Å²) in [6.45, 7) is 6.86. The average molecular weight is 363 g/mol. The SMILES string of the molecule is Cc1ccc(C(C)C)c(OCC(=O)NCCc2ccc(N)cc2)c1.Cl. The molecular formula is C20H27ClN2O2. The lowest BCUT2D eigenvalue weighted by molar-refractivity contribution is -0.123. The van der Waals surface area contributed by atoms with Gasteiger partial charge in [-0.1, -0.05) is 38.1 Å². The van der Waals surface area contributed by atoms with E-state index in [-0.39, 0.29) is 24.9 Å². The number of carbonyl (C=O) groups is 1. The Morgan fingerprint density at radius 1 is 1.16 bits per heavy atom. The van der Waals surface area contributed by atoms with Crippen molar-refractivity contribution in [2.45, 2.75) is 33.1 Å². The number of amides is 1. The van der Waals surface area contributed by atoms with Crippen LogP contribution in [0.5, 0.6) is 5.75 Å². The van der Waals surface area contributed by atoms with E-state index in [0.717, 1.165) is 34.5 Å². The van der Waals surface area contributed by atoms with E-state index < -0.39 is 0 Å². The Morgan fingerprint density at radius 3 is 2.48 bits per heavy atom. The summed E-state index contributed by atoms with van der Waals surface area (Å²) in [5.41, 5.74) is 9.79. The standard InChI is InChI=1S/C20H26N2O2.ClH/c1-14(2)18-9-4-15(3)12-19(18)24-13-20(23)22-11-10-16-5-7-17(21)8-6-16;/h4-9,12,14H,10-11,13,21H2,1-3H3,(H,22,23);1H. The molecule has 3 N–H and O–H groups in total. The third-order valence-electron chi connectivity index (χ3n) is 3.87. The number of carbonyl (C=O) groups excluding carboxylic acids is 1. The first-order valence-electron chi connectivity index (χ1n) is 8.30. The Bertz CT molecular complexity index is 685. The minimum absolute atomic E-state index is 0. The highest BCUT2D eigenvalue weighted by atomic mass is 35.5. The Morgan fingerprint density at radius 2 is 1.84 bits per heavy atom. The smallest absolute Gasteiger partial charge is 0.257 e. The fourth-order valence-electron chi connectivity index (χ4n) is 2.47. The lowest BCUT2D eigenvalue weighted by Crippen LogP contribution is -2.30. The number of aryl methyl sites for hydroxylation is 1. The van der Waals surface area contributed by atoms with Crippen LogP contribution < -0.4 is 15.8 Å². The number of anilines is 1. The molecule has 2 aromatic carbocycles. The van der Waals surface area contributed by atoms with Crippen molar-refractivity contribution >= 4 is 24.0 Å². The summed E-state index contributed by atoms with van der Waals surface area (Å²) in [5, 5.41) is 2.88. The summed E-state index contributed by atoms with van der Waals surface area (Å²) in [6.07, 6.45) is 0.772. The molecule has 4 nitrogen and oxygen atoms in total. The van der Waals surface area contributed by atoms with Gasteiger partial charge in [0.25, 0.3) is 5.91 Å². The van der Waals surface area contributed by atoms with Crippen LogP contribution in [0.2, 0.25) is 0 Å². The highest BCUT2D eigenvalue weighted by Crippen LogP contribution is 2.27. The van der Waals surface area contributed by atoms with Crippen LogP contribution in [-0.2, 0) is 11.2 Å². The van der Waals surface area contributed by atoms with Crippen molar-refractivity contribution in [1.29, 1.82) is 0 Å². The fourth-order valence-corrected chi connectivity index (χ4v) is 2.47. The van der Waals surface area contributed by atoms with Gasteiger partial charge in [0.05, 0.1) is 0 Å². The molecule has 0 saturated heterocycles. The molecule has 0 radical (unpaired) electrons. The van der Waals surface area contributed by atoms with Crippen LogP contribution in [0.1, 0.15) is 36.5 Å². The van der Waals surface area contributed by atoms with Gasteiger partial charge in [0, 0.05) is 12.2 Å². The van der Waals surface area contributed by atoms with Gasteiger partial charge in [-0.3, -0.25) is 4.79 Å². The van der Waals surface area contributed by atoms with E-state index in [1.54, 1.807) is 0 Å². The van der Waals surface area contributed by atoms with Crippen molar-refractivity contribution in [3.8, 4) is 5.75 Å². The number of ether oxygens (including phenoxy) is 1. The van der Waals surface area contributed by atoms with Gasteiger partial charge in [-0.25, -0.2) is 0 Å². The molecule has 0 unspecified atom stereocenters. The van der Waals surface area contributed by atoms with E-state index in [0.29, 0.717) is 12.5 Å². The van der Waals surface area contributed by atoms with Crippen molar-refractivity contribution in [3.05, 3.63) is 59.2 Å². The lowest BCUT2D eigenvalue weighted by atomic mass is 10.0. The molecule has 0 fully saturated rings. The number of nitrogens with two attached hydrogens (primary N) is 1. The second-order valence-electron chi connectivity index (χ2n) is 6.33. The van der Waals surface area contributed by atoms with Crippen LogP contribution in [0.25, 0.3) is 0 Å². The summed E-state index contributed by atoms with van der Waals surface area (Å²) in [7, 11) is 0. The monoisotopic (exact) mass is 362 g/mol. The normalized spacial score (nSPS) is 10.2. The first-order valence-corrected chi connectivity index (χ1v) is 8.30. The summed E-state index contributed by atoms with van der Waals surface area (Å²) < 4.78 is 5.73. The highest BCUT2D eigenvalue weighted by Gasteiger charge is 2.10. The second-order valence-corrected chi connectivity index (χ2v) is 6.33. The molecule has 25 heavy (non-hydrogen) atoms. The van der Waals surface area contributed by atoms with Gasteiger partial charge in [-0.2, -0.15) is 0 Å². The minimum Gasteiger partial charge on any atom is -0.483 e. The predicted molar refractivity (Wildman–Crippen MR) is 106 cm³/mol. The third kappa shape index (κ3) is 6.67. The average Bonchev–Trinajstić information content (AvgIpc) is 2.54. The van der Waals surface area contributed by atoms with Gasteiger partial charge >= 0.3 is 0 Å². The van der Waals surface area contributed by atoms with Gasteiger partial charge in [0.1, 0.15) is 5.75 Å². The number of nitrogen functional groups attached to an aromatic ring is 1. The van der Waals surface area contributed by atoms with Crippen molar-refractivity contribution in [1.82, 2.24) is 5.32 Å². The molecule has 0 saturated carbocycles. The molecule has 2 aromatic rings. The van der Waals surface area contributed by atoms with Crippen molar-refractivity contribution in [3.63, 3.8) is 0 Å². The maximum atomic E-state index is 12.0. The molecule has 0 bridgehead atoms. The van der Waals surface area contributed by atoms with E-state index in [1.165, 1.54) is 0 Å². The predicted octanol–water partition coefficient (Wildman–Crippen LogP) is 3.86. The van der Waals surface area contributed by atoms with E-state index >= 15 is 0 Å². The largest absolute Gasteiger partial charge is 0.483 e. The molecule has 0 aliphatic carbocycles. The summed E-state index contributed by atoms with van der Waals surface area (Å²) >= 11 is 0. The zero-order valence-electron chi connectivity index (χ0n) is 15.0. The maximum absolute atomic E-state index is 12.0. The molecule has 0 heterocycles. The molecule has 5 heteroatoms. The Hall–Kier alpha value is -2.20. The Balaban J connectivity index is 0.00000312. The quantitative estimate of drug-likeness (QED) is 0.735. The van der Waals surface area contributed by atoms with Crippen LogP contribution in [0.4, 0.5) is 5.69 Å². The molecule has 136 valence electrons. The fraction of sp³-hybridized carbons (Fsp3) is 0.350. The van der Waals surface area contributed by atoms with Crippen LogP contribution in [0.15, 0.2) is 42.5 Å². The van der Waals surface area contributed by atoms with E-state index in [1.807, 2.05) is 37.3 Å². The Kier molecular flexibility index (Phi) is 8.29. The van der Waals surface area contributed by atoms with E-state index in [2.05, 4.69) is 31.3 Å². The first kappa shape index (κ1) is 20.8. The number of rotatable bonds is 7. The van der Waals surface area contributed by atoms with E-state index in [9.17, 15) is 4.79 Å². The van der Waals surface area contributed by atoms with Gasteiger partial charge in [0.2, 0.25) is 0 Å². The molecule has 0 aliphatic rings. The first-order chi connectivity index (χ1) is 11.5. The highest BCUT2D eigenvalue weighted by molar-refractivity contribution is 5.85. The zero-order valence-corrected chi connectivity index (χ0v) is 15.9. The van der Waals surface area contributed by atoms with Crippen LogP contribution in [-0.4, -0.2) is 19.1 Å². The number of hydrogen-bond acceptors (Lipinski definition) is 3. The molecular weight excluding hydrogens is 336 g/mol. The maximum Gasteiger partial charge on any atom is 0.257 e. The second kappa shape index (κ2) is 9.94. The third-order valence-corrected chi connectivity index (χ3v) is 3.87. The van der Waals surface area contributed by atoms with Gasteiger partial charge in [-0.15, -0.1) is 12.4 Å². The molecule has 2 rings (SSSR count). The van der Waals surface area contributed by atoms with Crippen LogP contribution in [0.3, 0.4) is 0 Å². The molecule has 1 amide bonds. The number of nitrogens with one attached hydrogen (secondary N) is 1. The van der Waals surface area contributed by atoms with Gasteiger partial charge < -0.3 is 15.8 Å². The molecule has 0 aromatic heterocycles. The summed E-state index contributed by atoms with van der Waals surface area (Å²) in [4.78, 5) is 12.0. The van der Waals surface area contributed by atoms with Gasteiger partial charge in [0.15, 0.2) is 6.61 Å². The molecule has 0 spiro atoms. The number of benzene rings is 2. The number of hydrogen-bond donors (Lipinski definition) is 2. The van der Waals surface area contributed by atoms with Crippen molar-refractivity contribution in [2.24, 2.45) is 0 Å². The lowest BCUT2D eigenvalue weighted by Gasteiger charge is -2.14. The van der Waals surface area contributed by atoms with Crippen LogP contribution in [0, 0.1) is 6.92 Å². The zero-order chi connectivity index (χ0) is 17.5. The van der Waals surface area contributed by atoms with Crippen molar-refractivity contribution < 1.29 is 9.53 Å². The summed E-state index contributed by atoms with van der Waals surface area (Å²) in [5.74, 6) is 1.04. The minimum atomic E-state index is -0.110. The molecule has 0 atom stereocenters. The van der Waals surface area contributed by atoms with Gasteiger partial charge in [-0.05, 0) is 54.2 Å². The van der Waals surface area contributed by atoms with E-state index in [4.69, 9.17) is 10.5 Å². The van der Waals surface area contributed by atoms with Crippen LogP contribution >= 0.6 is 12.4 Å². The molecule has 0 aliphatic heterocycles. The number of halogens is 1. The topological polar surface area (TPSA) is 64.3 Å². The van der Waals surface area contributed by atoms with Crippen molar-refractivity contribution in [2.75, 3.05) is 18.9 Å².